The molecule has 1 unspecified atom stereocenters. The molecule has 1 atom stereocenters. The van der Waals surface area contributed by atoms with Gasteiger partial charge in [-0.1, -0.05) is 0 Å². The first-order valence-electron chi connectivity index (χ1n) is 3.54. The smallest absolute Gasteiger partial charge is 0.254 e. The quantitative estimate of drug-likeness (QED) is 0.300. The molecule has 0 radical (unpaired) electrons. The number of piperidine rings is 1. The molecule has 1 saturated heterocycles. The summed E-state index contributed by atoms with van der Waals surface area (Å²) in [5.74, 6) is -0.646. The van der Waals surface area contributed by atoms with Crippen molar-refractivity contribution in [2.24, 2.45) is 4.99 Å². The van der Waals surface area contributed by atoms with Gasteiger partial charge in [0.1, 0.15) is 6.04 Å². The Balaban J connectivity index is 2.78. The molecule has 0 aromatic rings. The minimum absolute atomic E-state index is 0.225. The van der Waals surface area contributed by atoms with Crippen molar-refractivity contribution in [1.29, 1.82) is 0 Å². The van der Waals surface area contributed by atoms with Crippen LogP contribution in [0.25, 0.3) is 0 Å². The van der Waals surface area contributed by atoms with Crippen LogP contribution in [0.5, 0.6) is 0 Å². The van der Waals surface area contributed by atoms with Gasteiger partial charge in [-0.2, -0.15) is 4.99 Å². The van der Waals surface area contributed by atoms with Gasteiger partial charge in [0.05, 0.1) is 0 Å². The van der Waals surface area contributed by atoms with Crippen LogP contribution in [0.4, 0.5) is 0 Å². The third-order valence-electron chi connectivity index (χ3n) is 1.83. The van der Waals surface area contributed by atoms with Gasteiger partial charge in [-0.25, -0.2) is 4.79 Å². The molecule has 0 saturated carbocycles. The lowest BCUT2D eigenvalue weighted by Crippen LogP contribution is -2.44. The zero-order chi connectivity index (χ0) is 9.14. The Morgan fingerprint density at radius 1 is 1.58 bits per heavy atom. The van der Waals surface area contributed by atoms with E-state index in [1.807, 2.05) is 0 Å². The van der Waals surface area contributed by atoms with Gasteiger partial charge in [-0.3, -0.25) is 14.5 Å². The number of aliphatic imine (C=N–C) groups is 1. The van der Waals surface area contributed by atoms with Crippen LogP contribution in [0.2, 0.25) is 0 Å². The molecule has 12 heavy (non-hydrogen) atoms. The van der Waals surface area contributed by atoms with Crippen molar-refractivity contribution < 1.29 is 14.4 Å². The Morgan fingerprint density at radius 2 is 2.25 bits per heavy atom. The van der Waals surface area contributed by atoms with Crippen molar-refractivity contribution in [2.45, 2.75) is 18.9 Å². The van der Waals surface area contributed by atoms with Gasteiger partial charge in [-0.05, 0) is 6.42 Å². The first-order chi connectivity index (χ1) is 5.66. The lowest BCUT2D eigenvalue weighted by Gasteiger charge is -2.23. The summed E-state index contributed by atoms with van der Waals surface area (Å²) in [6.45, 7) is 0. The molecule has 5 heteroatoms. The van der Waals surface area contributed by atoms with Gasteiger partial charge in [0.25, 0.3) is 5.91 Å². The van der Waals surface area contributed by atoms with Crippen LogP contribution >= 0.6 is 0 Å². The second-order valence-corrected chi connectivity index (χ2v) is 2.57. The predicted molar refractivity (Wildman–Crippen MR) is 38.9 cm³/mol. The van der Waals surface area contributed by atoms with Crippen molar-refractivity contribution in [2.75, 3.05) is 7.05 Å². The SMILES string of the molecule is CN1C(=O)CCC(N=C=O)C1=O. The number of imide groups is 1. The van der Waals surface area contributed by atoms with E-state index in [0.717, 1.165) is 4.90 Å². The molecule has 0 aromatic carbocycles. The maximum Gasteiger partial charge on any atom is 0.254 e. The van der Waals surface area contributed by atoms with E-state index in [9.17, 15) is 14.4 Å². The van der Waals surface area contributed by atoms with Crippen molar-refractivity contribution in [3.05, 3.63) is 0 Å². The van der Waals surface area contributed by atoms with Crippen LogP contribution in [0.3, 0.4) is 0 Å². The second-order valence-electron chi connectivity index (χ2n) is 2.57. The van der Waals surface area contributed by atoms with Crippen LogP contribution in [0, 0.1) is 0 Å². The van der Waals surface area contributed by atoms with E-state index in [1.54, 1.807) is 0 Å². The van der Waals surface area contributed by atoms with Crippen LogP contribution in [-0.4, -0.2) is 35.9 Å². The van der Waals surface area contributed by atoms with E-state index in [-0.39, 0.29) is 12.3 Å². The Labute approximate surface area is 69.1 Å². The second kappa shape index (κ2) is 3.28. The first kappa shape index (κ1) is 8.62. The molecule has 1 aliphatic heterocycles. The van der Waals surface area contributed by atoms with E-state index in [0.29, 0.717) is 6.42 Å². The lowest BCUT2D eigenvalue weighted by molar-refractivity contribution is -0.147. The highest BCUT2D eigenvalue weighted by atomic mass is 16.2. The number of likely N-dealkylation sites (N-methyl/N-ethyl adjacent to an activating group) is 1. The third-order valence-corrected chi connectivity index (χ3v) is 1.83. The Bertz CT molecular complexity index is 268. The molecule has 1 aliphatic rings. The summed E-state index contributed by atoms with van der Waals surface area (Å²) in [4.78, 5) is 36.2. The molecule has 5 nitrogen and oxygen atoms in total. The molecule has 0 aliphatic carbocycles. The van der Waals surface area contributed by atoms with Gasteiger partial charge in [0, 0.05) is 13.5 Å². The molecule has 64 valence electrons. The highest BCUT2D eigenvalue weighted by molar-refractivity contribution is 6.00. The molecule has 2 amide bonds. The maximum absolute atomic E-state index is 11.2. The molecular formula is C7H8N2O3. The maximum atomic E-state index is 11.2. The summed E-state index contributed by atoms with van der Waals surface area (Å²) in [6, 6.07) is -0.704. The highest BCUT2D eigenvalue weighted by Gasteiger charge is 2.31. The van der Waals surface area contributed by atoms with Crippen molar-refractivity contribution in [3.8, 4) is 0 Å². The van der Waals surface area contributed by atoms with E-state index in [2.05, 4.69) is 4.99 Å². The average molecular weight is 168 g/mol. The van der Waals surface area contributed by atoms with Crippen molar-refractivity contribution in [3.63, 3.8) is 0 Å². The molecule has 1 fully saturated rings. The van der Waals surface area contributed by atoms with Gasteiger partial charge in [-0.15, -0.1) is 0 Å². The Kier molecular flexibility index (Phi) is 2.35. The summed E-state index contributed by atoms with van der Waals surface area (Å²) in [6.07, 6.45) is 1.90. The topological polar surface area (TPSA) is 66.8 Å². The zero-order valence-corrected chi connectivity index (χ0v) is 6.61. The summed E-state index contributed by atoms with van der Waals surface area (Å²) in [5, 5.41) is 0. The van der Waals surface area contributed by atoms with Crippen LogP contribution < -0.4 is 0 Å². The number of amides is 2. The molecule has 0 spiro atoms. The number of likely N-dealkylation sites (tertiary alicyclic amines) is 1. The zero-order valence-electron chi connectivity index (χ0n) is 6.61. The number of isocyanates is 1. The van der Waals surface area contributed by atoms with Crippen molar-refractivity contribution in [1.82, 2.24) is 4.90 Å². The van der Waals surface area contributed by atoms with Gasteiger partial charge < -0.3 is 0 Å². The number of carbonyl (C=O) groups excluding carboxylic acids is 3. The van der Waals surface area contributed by atoms with Crippen LogP contribution in [0.15, 0.2) is 4.99 Å². The standard InChI is InChI=1S/C7H8N2O3/c1-9-6(11)3-2-5(7(9)12)8-4-10/h5H,2-3H2,1H3. The minimum Gasteiger partial charge on any atom is -0.284 e. The molecule has 1 heterocycles. The van der Waals surface area contributed by atoms with Gasteiger partial charge >= 0.3 is 0 Å². The molecule has 1 rings (SSSR count). The Hall–Kier alpha value is -1.48. The summed E-state index contributed by atoms with van der Waals surface area (Å²) >= 11 is 0. The fourth-order valence-corrected chi connectivity index (χ4v) is 1.08. The summed E-state index contributed by atoms with van der Waals surface area (Å²) in [7, 11) is 1.39. The third kappa shape index (κ3) is 1.40. The number of carbonyl (C=O) groups is 2. The predicted octanol–water partition coefficient (Wildman–Crippen LogP) is -0.530. The number of hydrogen-bond donors (Lipinski definition) is 0. The lowest BCUT2D eigenvalue weighted by atomic mass is 10.1. The number of rotatable bonds is 1. The average Bonchev–Trinajstić information content (AvgIpc) is 2.07. The van der Waals surface area contributed by atoms with E-state index in [4.69, 9.17) is 0 Å². The molecule has 0 bridgehead atoms. The van der Waals surface area contributed by atoms with Crippen LogP contribution in [0.1, 0.15) is 12.8 Å². The fraction of sp³-hybridized carbons (Fsp3) is 0.571. The number of hydrogen-bond acceptors (Lipinski definition) is 4. The fourth-order valence-electron chi connectivity index (χ4n) is 1.08. The molecular weight excluding hydrogens is 160 g/mol. The summed E-state index contributed by atoms with van der Waals surface area (Å²) < 4.78 is 0. The van der Waals surface area contributed by atoms with E-state index in [1.165, 1.54) is 13.1 Å². The number of nitrogens with zero attached hydrogens (tertiary/aromatic N) is 2. The van der Waals surface area contributed by atoms with Gasteiger partial charge in [0.2, 0.25) is 12.0 Å². The molecule has 0 aromatic heterocycles. The molecule has 0 N–H and O–H groups in total. The normalized spacial score (nSPS) is 23.8. The monoisotopic (exact) mass is 168 g/mol. The summed E-state index contributed by atoms with van der Waals surface area (Å²) in [5.41, 5.74) is 0. The minimum atomic E-state index is -0.704. The van der Waals surface area contributed by atoms with E-state index < -0.39 is 11.9 Å². The Morgan fingerprint density at radius 3 is 2.83 bits per heavy atom. The first-order valence-corrected chi connectivity index (χ1v) is 3.54. The van der Waals surface area contributed by atoms with E-state index >= 15 is 0 Å². The largest absolute Gasteiger partial charge is 0.284 e. The van der Waals surface area contributed by atoms with Crippen molar-refractivity contribution >= 4 is 17.9 Å². The highest BCUT2D eigenvalue weighted by Crippen LogP contribution is 2.13. The van der Waals surface area contributed by atoms with Gasteiger partial charge in [0.15, 0.2) is 0 Å². The van der Waals surface area contributed by atoms with Crippen LogP contribution in [-0.2, 0) is 14.4 Å².